The molecule has 0 aliphatic heterocycles. The van der Waals surface area contributed by atoms with Crippen LogP contribution in [0, 0.1) is 11.8 Å². The Morgan fingerprint density at radius 3 is 2.52 bits per heavy atom. The second-order valence-electron chi connectivity index (χ2n) is 11.1. The molecule has 1 aromatic carbocycles. The largest absolute Gasteiger partial charge is 0.494 e. The number of hydrogen-bond donors (Lipinski definition) is 4. The molecule has 0 spiro atoms. The van der Waals surface area contributed by atoms with Gasteiger partial charge >= 0.3 is 0 Å². The fraction of sp³-hybridized carbons (Fsp3) is 0.360. The highest BCUT2D eigenvalue weighted by Crippen LogP contribution is 2.40. The lowest BCUT2D eigenvalue weighted by Gasteiger charge is -2.22. The summed E-state index contributed by atoms with van der Waals surface area (Å²) < 4.78 is 5.76. The first-order valence-corrected chi connectivity index (χ1v) is 14.0. The lowest BCUT2D eigenvalue weighted by atomic mass is 9.49. The van der Waals surface area contributed by atoms with Crippen molar-refractivity contribution in [3.8, 4) is 16.3 Å². The van der Waals surface area contributed by atoms with Crippen LogP contribution in [-0.2, 0) is 4.79 Å². The Kier molecular flexibility index (Phi) is 8.82. The third-order valence-corrected chi connectivity index (χ3v) is 6.85. The van der Waals surface area contributed by atoms with Crippen LogP contribution in [0.1, 0.15) is 46.8 Å². The summed E-state index contributed by atoms with van der Waals surface area (Å²) in [5.41, 5.74) is 1.61. The highest BCUT2D eigenvalue weighted by Gasteiger charge is 2.30. The van der Waals surface area contributed by atoms with Crippen molar-refractivity contribution in [2.75, 3.05) is 24.3 Å². The number of thiazole rings is 1. The molecule has 0 saturated heterocycles. The van der Waals surface area contributed by atoms with E-state index in [1.165, 1.54) is 18.4 Å². The van der Waals surface area contributed by atoms with Crippen molar-refractivity contribution in [3.05, 3.63) is 41.0 Å². The van der Waals surface area contributed by atoms with Crippen molar-refractivity contribution in [1.29, 1.82) is 0 Å². The number of carbonyl (C=O) groups excluding carboxylic acids is 3. The minimum atomic E-state index is -0.503. The number of rotatable bonds is 11. The van der Waals surface area contributed by atoms with Gasteiger partial charge in [0.25, 0.3) is 11.8 Å². The number of ether oxygens (including phenoxy) is 1. The maximum absolute atomic E-state index is 13.1. The number of para-hydroxylation sites is 1. The van der Waals surface area contributed by atoms with Crippen LogP contribution in [0.3, 0.4) is 0 Å². The van der Waals surface area contributed by atoms with Gasteiger partial charge in [-0.25, -0.2) is 4.98 Å². The molecule has 0 radical (unpaired) electrons. The summed E-state index contributed by atoms with van der Waals surface area (Å²) in [6, 6.07) is 7.04. The molecule has 11 nitrogen and oxygen atoms in total. The van der Waals surface area contributed by atoms with Crippen molar-refractivity contribution in [3.63, 3.8) is 0 Å². The van der Waals surface area contributed by atoms with Gasteiger partial charge in [-0.2, -0.15) is 0 Å². The summed E-state index contributed by atoms with van der Waals surface area (Å²) in [5, 5.41) is 20.2. The Bertz CT molecular complexity index is 1420. The van der Waals surface area contributed by atoms with Gasteiger partial charge in [0.15, 0.2) is 17.3 Å². The van der Waals surface area contributed by atoms with E-state index >= 15 is 0 Å². The molecular formula is C25H32B3N7O4S. The van der Waals surface area contributed by atoms with Gasteiger partial charge in [-0.15, -0.1) is 21.5 Å². The van der Waals surface area contributed by atoms with E-state index in [9.17, 15) is 14.4 Å². The van der Waals surface area contributed by atoms with E-state index in [0.717, 1.165) is 12.8 Å². The lowest BCUT2D eigenvalue weighted by molar-refractivity contribution is -0.117. The van der Waals surface area contributed by atoms with E-state index < -0.39 is 11.1 Å². The summed E-state index contributed by atoms with van der Waals surface area (Å²) in [7, 11) is 7.14. The first-order valence-electron chi connectivity index (χ1n) is 13.1. The van der Waals surface area contributed by atoms with E-state index in [4.69, 9.17) is 4.74 Å². The molecule has 4 rings (SSSR count). The molecule has 0 bridgehead atoms. The normalized spacial score (nSPS) is 13.0. The predicted octanol–water partition coefficient (Wildman–Crippen LogP) is 0.327. The van der Waals surface area contributed by atoms with Crippen molar-refractivity contribution in [2.45, 2.75) is 31.9 Å². The van der Waals surface area contributed by atoms with Gasteiger partial charge in [0.05, 0.1) is 30.2 Å². The molecule has 3 amide bonds. The van der Waals surface area contributed by atoms with E-state index in [1.807, 2.05) is 49.5 Å². The molecule has 1 aliphatic rings. The first-order chi connectivity index (χ1) is 18.9. The first kappa shape index (κ1) is 29.1. The van der Waals surface area contributed by atoms with Gasteiger partial charge in [-0.1, -0.05) is 19.9 Å². The smallest absolute Gasteiger partial charge is 0.272 e. The Morgan fingerprint density at radius 2 is 1.88 bits per heavy atom. The third-order valence-electron chi connectivity index (χ3n) is 5.82. The van der Waals surface area contributed by atoms with Crippen LogP contribution < -0.4 is 26.0 Å². The molecule has 206 valence electrons. The topological polar surface area (TPSA) is 147 Å². The van der Waals surface area contributed by atoms with Gasteiger partial charge < -0.3 is 26.0 Å². The van der Waals surface area contributed by atoms with Gasteiger partial charge in [0, 0.05) is 18.5 Å². The predicted molar refractivity (Wildman–Crippen MR) is 164 cm³/mol. The molecule has 1 saturated carbocycles. The van der Waals surface area contributed by atoms with Crippen LogP contribution in [0.4, 0.5) is 17.2 Å². The molecule has 2 aromatic heterocycles. The van der Waals surface area contributed by atoms with Crippen molar-refractivity contribution < 1.29 is 19.1 Å². The quantitative estimate of drug-likeness (QED) is 0.246. The zero-order valence-corrected chi connectivity index (χ0v) is 24.4. The summed E-state index contributed by atoms with van der Waals surface area (Å²) in [4.78, 5) is 43.0. The van der Waals surface area contributed by atoms with E-state index in [0.29, 0.717) is 45.0 Å². The van der Waals surface area contributed by atoms with Gasteiger partial charge in [-0.05, 0) is 36.1 Å². The Labute approximate surface area is 239 Å². The summed E-state index contributed by atoms with van der Waals surface area (Å²) in [6.45, 7) is 4.63. The maximum Gasteiger partial charge on any atom is 0.272 e. The van der Waals surface area contributed by atoms with Gasteiger partial charge in [0.2, 0.25) is 5.91 Å². The second kappa shape index (κ2) is 12.1. The van der Waals surface area contributed by atoms with Crippen molar-refractivity contribution in [2.24, 2.45) is 11.8 Å². The van der Waals surface area contributed by atoms with Crippen LogP contribution in [0.2, 0.25) is 0 Å². The maximum atomic E-state index is 13.1. The Hall–Kier alpha value is -3.87. The molecule has 2 heterocycles. The fourth-order valence-corrected chi connectivity index (χ4v) is 4.60. The number of amides is 3. The Balaban J connectivity index is 1.67. The van der Waals surface area contributed by atoms with E-state index in [-0.39, 0.29) is 29.2 Å². The SMILES string of the molecule is BC(B)(B)NC(=O)c1nnc(NC(=O)C2CC2)cc1Nc1cccc(-c2ncc(C(=O)NCC(C)C)s2)c1OC. The number of aromatic nitrogens is 3. The van der Waals surface area contributed by atoms with Crippen LogP contribution >= 0.6 is 11.3 Å². The summed E-state index contributed by atoms with van der Waals surface area (Å²) in [6.07, 6.45) is 3.24. The minimum Gasteiger partial charge on any atom is -0.494 e. The number of hydrogen-bond acceptors (Lipinski definition) is 9. The molecule has 3 aromatic rings. The summed E-state index contributed by atoms with van der Waals surface area (Å²) >= 11 is 1.26. The summed E-state index contributed by atoms with van der Waals surface area (Å²) in [5.74, 6) is 0.295. The van der Waals surface area contributed by atoms with E-state index in [2.05, 4.69) is 36.4 Å². The van der Waals surface area contributed by atoms with Crippen LogP contribution in [-0.4, -0.2) is 75.3 Å². The van der Waals surface area contributed by atoms with Crippen molar-refractivity contribution in [1.82, 2.24) is 25.8 Å². The number of benzene rings is 1. The number of anilines is 3. The van der Waals surface area contributed by atoms with Gasteiger partial charge in [0.1, 0.15) is 33.4 Å². The zero-order chi connectivity index (χ0) is 29.0. The Morgan fingerprint density at radius 1 is 1.12 bits per heavy atom. The average Bonchev–Trinajstić information content (AvgIpc) is 3.63. The molecule has 40 heavy (non-hydrogen) atoms. The molecule has 1 aliphatic carbocycles. The number of nitrogens with one attached hydrogen (secondary N) is 4. The average molecular weight is 559 g/mol. The third kappa shape index (κ3) is 7.41. The number of nitrogens with zero attached hydrogens (tertiary/aromatic N) is 3. The van der Waals surface area contributed by atoms with Crippen LogP contribution in [0.15, 0.2) is 30.5 Å². The molecule has 0 atom stereocenters. The van der Waals surface area contributed by atoms with Crippen LogP contribution in [0.5, 0.6) is 5.75 Å². The molecule has 4 N–H and O–H groups in total. The second-order valence-corrected chi connectivity index (χ2v) is 12.1. The number of carbonyl (C=O) groups is 3. The number of methoxy groups -OCH3 is 1. The highest BCUT2D eigenvalue weighted by molar-refractivity contribution is 7.17. The fourth-order valence-electron chi connectivity index (χ4n) is 3.75. The lowest BCUT2D eigenvalue weighted by Crippen LogP contribution is -2.50. The molecular weight excluding hydrogens is 527 g/mol. The standard InChI is InChI=1S/C25H32B3N7O4S/c1-12(2)10-29-22(37)17-11-30-24(40-17)14-5-4-6-15(20(14)39-3)31-16-9-18(32-21(36)13-7-8-13)34-35-19(16)23(38)33-25(26,27)28/h4-6,9,11-13H,7-8,10,26-28H2,1-3H3,(H,29,37)(H,33,38)(H2,31,32,34,36). The van der Waals surface area contributed by atoms with Crippen molar-refractivity contribution >= 4 is 69.8 Å². The zero-order valence-electron chi connectivity index (χ0n) is 23.5. The highest BCUT2D eigenvalue weighted by atomic mass is 32.1. The van der Waals surface area contributed by atoms with Crippen LogP contribution in [0.25, 0.3) is 10.6 Å². The molecule has 15 heteroatoms. The minimum absolute atomic E-state index is 0.0190. The monoisotopic (exact) mass is 559 g/mol. The molecule has 0 unspecified atom stereocenters. The molecule has 1 fully saturated rings. The van der Waals surface area contributed by atoms with Gasteiger partial charge in [-0.3, -0.25) is 14.4 Å². The van der Waals surface area contributed by atoms with E-state index in [1.54, 1.807) is 18.3 Å².